The summed E-state index contributed by atoms with van der Waals surface area (Å²) < 4.78 is 5.69. The lowest BCUT2D eigenvalue weighted by molar-refractivity contribution is 0.288. The zero-order chi connectivity index (χ0) is 14.7. The number of aryl methyl sites for hydroxylation is 1. The molecular formula is C19H21ClO. The molecule has 0 saturated carbocycles. The molecule has 0 saturated heterocycles. The highest BCUT2D eigenvalue weighted by Crippen LogP contribution is 2.40. The van der Waals surface area contributed by atoms with Crippen molar-refractivity contribution in [2.45, 2.75) is 37.5 Å². The smallest absolute Gasteiger partial charge is 0.122 e. The van der Waals surface area contributed by atoms with Crippen molar-refractivity contribution in [3.63, 3.8) is 0 Å². The van der Waals surface area contributed by atoms with Crippen LogP contribution in [0, 0.1) is 0 Å². The van der Waals surface area contributed by atoms with E-state index < -0.39 is 0 Å². The summed E-state index contributed by atoms with van der Waals surface area (Å²) in [4.78, 5) is 0. The second-order valence-corrected chi connectivity index (χ2v) is 6.12. The Hall–Kier alpha value is -1.47. The summed E-state index contributed by atoms with van der Waals surface area (Å²) >= 11 is 6.81. The molecule has 0 bridgehead atoms. The number of halogens is 1. The summed E-state index contributed by atoms with van der Waals surface area (Å²) in [5.74, 6) is 1.37. The first-order chi connectivity index (χ1) is 10.3. The fourth-order valence-corrected chi connectivity index (χ4v) is 3.56. The van der Waals surface area contributed by atoms with Crippen molar-refractivity contribution in [3.8, 4) is 5.75 Å². The molecule has 0 aliphatic carbocycles. The predicted molar refractivity (Wildman–Crippen MR) is 88.3 cm³/mol. The molecule has 1 nitrogen and oxygen atoms in total. The molecule has 2 unspecified atom stereocenters. The molecule has 2 heteroatoms. The van der Waals surface area contributed by atoms with Crippen LogP contribution in [0.5, 0.6) is 5.75 Å². The minimum atomic E-state index is 0.00428. The summed E-state index contributed by atoms with van der Waals surface area (Å²) in [5, 5.41) is 0.00428. The Morgan fingerprint density at radius 2 is 1.90 bits per heavy atom. The molecule has 3 rings (SSSR count). The van der Waals surface area contributed by atoms with Gasteiger partial charge in [-0.3, -0.25) is 0 Å². The Morgan fingerprint density at radius 1 is 1.10 bits per heavy atom. The fraction of sp³-hybridized carbons (Fsp3) is 0.368. The third kappa shape index (κ3) is 3.08. The second kappa shape index (κ2) is 6.53. The number of hydrogen-bond donors (Lipinski definition) is 0. The summed E-state index contributed by atoms with van der Waals surface area (Å²) in [6.07, 6.45) is 3.22. The first-order valence-electron chi connectivity index (χ1n) is 7.74. The SMILES string of the molecule is CCC(c1ccccc1)C(Cl)c1ccc2c(c1)CCCO2. The van der Waals surface area contributed by atoms with Crippen LogP contribution in [0.4, 0.5) is 0 Å². The van der Waals surface area contributed by atoms with E-state index in [-0.39, 0.29) is 5.38 Å². The molecule has 0 N–H and O–H groups in total. The summed E-state index contributed by atoms with van der Waals surface area (Å²) in [7, 11) is 0. The zero-order valence-corrected chi connectivity index (χ0v) is 13.1. The van der Waals surface area contributed by atoms with Crippen LogP contribution in [0.25, 0.3) is 0 Å². The van der Waals surface area contributed by atoms with Crippen LogP contribution in [0.2, 0.25) is 0 Å². The molecule has 1 aliphatic rings. The standard InChI is InChI=1S/C19H21ClO/c1-2-17(14-7-4-3-5-8-14)19(20)16-10-11-18-15(13-16)9-6-12-21-18/h3-5,7-8,10-11,13,17,19H,2,6,9,12H2,1H3. The minimum Gasteiger partial charge on any atom is -0.493 e. The molecule has 0 fully saturated rings. The number of fused-ring (bicyclic) bond motifs is 1. The quantitative estimate of drug-likeness (QED) is 0.679. The van der Waals surface area contributed by atoms with E-state index in [9.17, 15) is 0 Å². The van der Waals surface area contributed by atoms with Crippen molar-refractivity contribution in [2.24, 2.45) is 0 Å². The molecule has 1 aliphatic heterocycles. The van der Waals surface area contributed by atoms with Crippen LogP contribution in [-0.2, 0) is 6.42 Å². The van der Waals surface area contributed by atoms with Gasteiger partial charge in [0.2, 0.25) is 0 Å². The van der Waals surface area contributed by atoms with E-state index in [2.05, 4.69) is 55.5 Å². The van der Waals surface area contributed by atoms with Gasteiger partial charge in [-0.25, -0.2) is 0 Å². The Labute approximate surface area is 131 Å². The fourth-order valence-electron chi connectivity index (χ4n) is 3.10. The molecule has 21 heavy (non-hydrogen) atoms. The first kappa shape index (κ1) is 14.5. The molecule has 2 aromatic rings. The van der Waals surface area contributed by atoms with Gasteiger partial charge in [-0.05, 0) is 42.0 Å². The van der Waals surface area contributed by atoms with Gasteiger partial charge in [0, 0.05) is 5.92 Å². The van der Waals surface area contributed by atoms with E-state index >= 15 is 0 Å². The van der Waals surface area contributed by atoms with E-state index in [1.165, 1.54) is 16.7 Å². The van der Waals surface area contributed by atoms with Crippen LogP contribution in [0.3, 0.4) is 0 Å². The van der Waals surface area contributed by atoms with Crippen LogP contribution >= 0.6 is 11.6 Å². The van der Waals surface area contributed by atoms with Gasteiger partial charge in [-0.15, -0.1) is 11.6 Å². The lowest BCUT2D eigenvalue weighted by Crippen LogP contribution is -2.10. The maximum Gasteiger partial charge on any atom is 0.122 e. The predicted octanol–water partition coefficient (Wildman–Crippen LogP) is 5.49. The Kier molecular flexibility index (Phi) is 4.50. The number of hydrogen-bond acceptors (Lipinski definition) is 1. The molecule has 110 valence electrons. The number of benzene rings is 2. The lowest BCUT2D eigenvalue weighted by Gasteiger charge is -2.24. The third-order valence-corrected chi connectivity index (χ3v) is 4.83. The van der Waals surface area contributed by atoms with Gasteiger partial charge in [-0.1, -0.05) is 49.4 Å². The second-order valence-electron chi connectivity index (χ2n) is 5.65. The monoisotopic (exact) mass is 300 g/mol. The highest BCUT2D eigenvalue weighted by Gasteiger charge is 2.22. The van der Waals surface area contributed by atoms with Gasteiger partial charge < -0.3 is 4.74 Å². The lowest BCUT2D eigenvalue weighted by atomic mass is 9.88. The summed E-state index contributed by atoms with van der Waals surface area (Å²) in [6.45, 7) is 3.03. The molecular weight excluding hydrogens is 280 g/mol. The van der Waals surface area contributed by atoms with Crippen molar-refractivity contribution in [3.05, 3.63) is 65.2 Å². The highest BCUT2D eigenvalue weighted by molar-refractivity contribution is 6.21. The first-order valence-corrected chi connectivity index (χ1v) is 8.18. The van der Waals surface area contributed by atoms with Crippen LogP contribution < -0.4 is 4.74 Å². The number of rotatable bonds is 4. The largest absolute Gasteiger partial charge is 0.493 e. The maximum atomic E-state index is 6.81. The topological polar surface area (TPSA) is 9.23 Å². The van der Waals surface area contributed by atoms with E-state index in [1.807, 2.05) is 0 Å². The number of alkyl halides is 1. The van der Waals surface area contributed by atoms with E-state index in [0.29, 0.717) is 5.92 Å². The Morgan fingerprint density at radius 3 is 2.67 bits per heavy atom. The highest BCUT2D eigenvalue weighted by atomic mass is 35.5. The van der Waals surface area contributed by atoms with Crippen molar-refractivity contribution in [1.29, 1.82) is 0 Å². The van der Waals surface area contributed by atoms with Crippen molar-refractivity contribution in [2.75, 3.05) is 6.61 Å². The van der Waals surface area contributed by atoms with Crippen LogP contribution in [0.1, 0.15) is 47.8 Å². The molecule has 2 aromatic carbocycles. The van der Waals surface area contributed by atoms with E-state index in [4.69, 9.17) is 16.3 Å². The maximum absolute atomic E-state index is 6.81. The third-order valence-electron chi connectivity index (χ3n) is 4.27. The minimum absolute atomic E-state index is 0.00428. The summed E-state index contributed by atoms with van der Waals surface area (Å²) in [6, 6.07) is 17.0. The normalized spacial score (nSPS) is 16.7. The summed E-state index contributed by atoms with van der Waals surface area (Å²) in [5.41, 5.74) is 3.82. The van der Waals surface area contributed by atoms with Crippen LogP contribution in [-0.4, -0.2) is 6.61 Å². The van der Waals surface area contributed by atoms with Crippen molar-refractivity contribution in [1.82, 2.24) is 0 Å². The molecule has 0 amide bonds. The molecule has 2 atom stereocenters. The van der Waals surface area contributed by atoms with Gasteiger partial charge in [-0.2, -0.15) is 0 Å². The average Bonchev–Trinajstić information content (AvgIpc) is 2.56. The molecule has 0 radical (unpaired) electrons. The Balaban J connectivity index is 1.88. The molecule has 1 heterocycles. The van der Waals surface area contributed by atoms with Gasteiger partial charge in [0.25, 0.3) is 0 Å². The molecule has 0 aromatic heterocycles. The van der Waals surface area contributed by atoms with Crippen LogP contribution in [0.15, 0.2) is 48.5 Å². The van der Waals surface area contributed by atoms with E-state index in [0.717, 1.165) is 31.6 Å². The van der Waals surface area contributed by atoms with Crippen molar-refractivity contribution < 1.29 is 4.74 Å². The van der Waals surface area contributed by atoms with Gasteiger partial charge in [0.15, 0.2) is 0 Å². The zero-order valence-electron chi connectivity index (χ0n) is 12.4. The van der Waals surface area contributed by atoms with Crippen molar-refractivity contribution >= 4 is 11.6 Å². The molecule has 0 spiro atoms. The average molecular weight is 301 g/mol. The van der Waals surface area contributed by atoms with Gasteiger partial charge >= 0.3 is 0 Å². The van der Waals surface area contributed by atoms with Gasteiger partial charge in [0.05, 0.1) is 12.0 Å². The Bertz CT molecular complexity index is 594. The van der Waals surface area contributed by atoms with Gasteiger partial charge in [0.1, 0.15) is 5.75 Å². The van der Waals surface area contributed by atoms with E-state index in [1.54, 1.807) is 0 Å². The number of ether oxygens (including phenoxy) is 1.